The highest BCUT2D eigenvalue weighted by Gasteiger charge is 2.50. The Hall–Kier alpha value is -3.18. The van der Waals surface area contributed by atoms with E-state index in [9.17, 15) is 24.3 Å². The third-order valence-electron chi connectivity index (χ3n) is 6.51. The van der Waals surface area contributed by atoms with Crippen molar-refractivity contribution in [3.63, 3.8) is 0 Å². The second kappa shape index (κ2) is 10.4. The molecule has 3 fully saturated rings. The minimum absolute atomic E-state index is 0.0123. The van der Waals surface area contributed by atoms with Gasteiger partial charge in [0, 0.05) is 33.2 Å². The number of rotatable bonds is 7. The molecule has 34 heavy (non-hydrogen) atoms. The Morgan fingerprint density at radius 3 is 2.65 bits per heavy atom. The number of carbonyl (C=O) groups is 4. The fraction of sp³-hybridized carbons (Fsp3) is 0.565. The zero-order valence-corrected chi connectivity index (χ0v) is 19.3. The van der Waals surface area contributed by atoms with Crippen LogP contribution < -0.4 is 5.32 Å². The van der Waals surface area contributed by atoms with E-state index in [2.05, 4.69) is 5.32 Å². The number of likely N-dealkylation sites (N-methyl/N-ethyl adjacent to an activating group) is 1. The summed E-state index contributed by atoms with van der Waals surface area (Å²) < 4.78 is 5.71. The molecule has 184 valence electrons. The van der Waals surface area contributed by atoms with Gasteiger partial charge in [0.15, 0.2) is 0 Å². The molecule has 3 aliphatic rings. The molecule has 4 amide bonds. The molecule has 1 aromatic rings. The van der Waals surface area contributed by atoms with Gasteiger partial charge in [-0.3, -0.25) is 14.4 Å². The number of benzene rings is 1. The molecule has 1 unspecified atom stereocenters. The van der Waals surface area contributed by atoms with Gasteiger partial charge in [-0.05, 0) is 24.8 Å². The number of carboxylic acids is 1. The van der Waals surface area contributed by atoms with E-state index in [0.29, 0.717) is 19.7 Å². The van der Waals surface area contributed by atoms with E-state index in [1.807, 2.05) is 30.3 Å². The van der Waals surface area contributed by atoms with Crippen molar-refractivity contribution in [1.82, 2.24) is 25.1 Å². The third-order valence-corrected chi connectivity index (χ3v) is 6.51. The van der Waals surface area contributed by atoms with Crippen LogP contribution in [0.25, 0.3) is 0 Å². The van der Waals surface area contributed by atoms with Gasteiger partial charge in [-0.1, -0.05) is 30.3 Å². The Kier molecular flexibility index (Phi) is 7.32. The number of ether oxygens (including phenoxy) is 1. The summed E-state index contributed by atoms with van der Waals surface area (Å²) >= 11 is 0. The predicted molar refractivity (Wildman–Crippen MR) is 120 cm³/mol. The zero-order valence-electron chi connectivity index (χ0n) is 19.3. The highest BCUT2D eigenvalue weighted by atomic mass is 16.5. The summed E-state index contributed by atoms with van der Waals surface area (Å²) in [4.78, 5) is 53.9. The third kappa shape index (κ3) is 5.15. The van der Waals surface area contributed by atoms with Crippen LogP contribution in [0.3, 0.4) is 0 Å². The fourth-order valence-corrected chi connectivity index (χ4v) is 4.90. The van der Waals surface area contributed by atoms with Crippen molar-refractivity contribution in [3.8, 4) is 0 Å². The van der Waals surface area contributed by atoms with Crippen molar-refractivity contribution in [2.24, 2.45) is 0 Å². The molecule has 3 atom stereocenters. The van der Waals surface area contributed by atoms with Gasteiger partial charge in [0.2, 0.25) is 11.8 Å². The van der Waals surface area contributed by atoms with Crippen molar-refractivity contribution < 1.29 is 29.0 Å². The molecule has 11 heteroatoms. The number of piperazine rings is 1. The van der Waals surface area contributed by atoms with Gasteiger partial charge in [0.05, 0.1) is 19.2 Å². The van der Waals surface area contributed by atoms with Gasteiger partial charge in [-0.15, -0.1) is 0 Å². The largest absolute Gasteiger partial charge is 0.481 e. The van der Waals surface area contributed by atoms with Gasteiger partial charge >= 0.3 is 12.0 Å². The molecule has 4 rings (SSSR count). The average Bonchev–Trinajstić information content (AvgIpc) is 3.31. The number of aliphatic carboxylic acids is 1. The molecule has 3 saturated heterocycles. The number of fused-ring (bicyclic) bond motifs is 1. The highest BCUT2D eigenvalue weighted by Crippen LogP contribution is 2.29. The molecular formula is C23H31N5O6. The average molecular weight is 474 g/mol. The van der Waals surface area contributed by atoms with Crippen LogP contribution in [-0.4, -0.2) is 100 Å². The van der Waals surface area contributed by atoms with Gasteiger partial charge < -0.3 is 25.0 Å². The smallest absolute Gasteiger partial charge is 0.334 e. The Labute approximate surface area is 198 Å². The maximum absolute atomic E-state index is 13.3. The van der Waals surface area contributed by atoms with E-state index in [1.54, 1.807) is 17.0 Å². The van der Waals surface area contributed by atoms with E-state index >= 15 is 0 Å². The van der Waals surface area contributed by atoms with Crippen molar-refractivity contribution in [3.05, 3.63) is 35.9 Å². The van der Waals surface area contributed by atoms with Crippen LogP contribution in [0.5, 0.6) is 0 Å². The van der Waals surface area contributed by atoms with Crippen LogP contribution in [-0.2, 0) is 25.7 Å². The highest BCUT2D eigenvalue weighted by molar-refractivity contribution is 5.91. The maximum Gasteiger partial charge on any atom is 0.334 e. The lowest BCUT2D eigenvalue weighted by Gasteiger charge is -2.54. The van der Waals surface area contributed by atoms with Crippen LogP contribution in [0.15, 0.2) is 30.3 Å². The molecule has 0 spiro atoms. The molecule has 0 aliphatic carbocycles. The van der Waals surface area contributed by atoms with Crippen LogP contribution in [0.2, 0.25) is 0 Å². The molecule has 3 heterocycles. The summed E-state index contributed by atoms with van der Waals surface area (Å²) in [5.41, 5.74) is 0.932. The Balaban J connectivity index is 1.57. The molecule has 1 aromatic carbocycles. The minimum Gasteiger partial charge on any atom is -0.481 e. The fourth-order valence-electron chi connectivity index (χ4n) is 4.90. The number of hydrazine groups is 1. The first-order valence-corrected chi connectivity index (χ1v) is 11.6. The molecule has 0 radical (unpaired) electrons. The quantitative estimate of drug-likeness (QED) is 0.590. The Morgan fingerprint density at radius 1 is 1.21 bits per heavy atom. The first kappa shape index (κ1) is 24.0. The number of carboxylic acid groups (broad SMARTS) is 1. The predicted octanol–water partition coefficient (Wildman–Crippen LogP) is 0.468. The SMILES string of the molecule is CN1CC(=O)N2[C@@H](CCC(=O)O)C(=O)N(CC3CCCO3)C[C@@H]2N1C(=O)NCc1ccccc1. The lowest BCUT2D eigenvalue weighted by molar-refractivity contribution is -0.188. The van der Waals surface area contributed by atoms with Gasteiger partial charge in [-0.2, -0.15) is 0 Å². The van der Waals surface area contributed by atoms with Crippen LogP contribution in [0.4, 0.5) is 4.79 Å². The normalized spacial score (nSPS) is 25.4. The molecule has 0 saturated carbocycles. The Morgan fingerprint density at radius 2 is 1.97 bits per heavy atom. The van der Waals surface area contributed by atoms with Gasteiger partial charge in [-0.25, -0.2) is 14.8 Å². The molecule has 0 aromatic heterocycles. The molecular weight excluding hydrogens is 442 g/mol. The summed E-state index contributed by atoms with van der Waals surface area (Å²) in [7, 11) is 1.66. The first-order valence-electron chi connectivity index (χ1n) is 11.6. The topological polar surface area (TPSA) is 123 Å². The number of carbonyl (C=O) groups excluding carboxylic acids is 3. The summed E-state index contributed by atoms with van der Waals surface area (Å²) in [5.74, 6) is -1.64. The number of hydrogen-bond acceptors (Lipinski definition) is 6. The van der Waals surface area contributed by atoms with Crippen molar-refractivity contribution in [2.45, 2.75) is 50.5 Å². The summed E-state index contributed by atoms with van der Waals surface area (Å²) in [6.07, 6.45) is 0.643. The standard InChI is InChI=1S/C23H31N5O6/c1-25-15-20(29)27-18(9-10-21(30)31)22(32)26(13-17-8-5-11-34-17)14-19(27)28(25)23(33)24-12-16-6-3-2-4-7-16/h2-4,6-7,17-19H,5,8-15H2,1H3,(H,24,33)(H,30,31)/t17?,18-,19-/m0/s1. The first-order chi connectivity index (χ1) is 16.3. The Bertz CT molecular complexity index is 922. The van der Waals surface area contributed by atoms with E-state index in [1.165, 1.54) is 9.91 Å². The van der Waals surface area contributed by atoms with Crippen molar-refractivity contribution in [1.29, 1.82) is 0 Å². The van der Waals surface area contributed by atoms with Crippen LogP contribution in [0.1, 0.15) is 31.2 Å². The molecule has 0 bridgehead atoms. The number of urea groups is 1. The van der Waals surface area contributed by atoms with Crippen LogP contribution >= 0.6 is 0 Å². The number of nitrogens with zero attached hydrogens (tertiary/aromatic N) is 4. The minimum atomic E-state index is -1.04. The zero-order chi connectivity index (χ0) is 24.2. The van der Waals surface area contributed by atoms with Gasteiger partial charge in [0.1, 0.15) is 12.2 Å². The second-order valence-corrected chi connectivity index (χ2v) is 8.91. The lowest BCUT2D eigenvalue weighted by Crippen LogP contribution is -2.76. The van der Waals surface area contributed by atoms with E-state index in [4.69, 9.17) is 4.74 Å². The van der Waals surface area contributed by atoms with E-state index in [0.717, 1.165) is 18.4 Å². The lowest BCUT2D eigenvalue weighted by atomic mass is 10.0. The van der Waals surface area contributed by atoms with E-state index < -0.39 is 24.2 Å². The van der Waals surface area contributed by atoms with E-state index in [-0.39, 0.29) is 43.8 Å². The maximum atomic E-state index is 13.3. The van der Waals surface area contributed by atoms with Gasteiger partial charge in [0.25, 0.3) is 0 Å². The van der Waals surface area contributed by atoms with Crippen LogP contribution in [0, 0.1) is 0 Å². The molecule has 3 aliphatic heterocycles. The monoisotopic (exact) mass is 473 g/mol. The summed E-state index contributed by atoms with van der Waals surface area (Å²) in [6, 6.07) is 8.14. The summed E-state index contributed by atoms with van der Waals surface area (Å²) in [6.45, 7) is 1.35. The van der Waals surface area contributed by atoms with Crippen molar-refractivity contribution >= 4 is 23.8 Å². The number of nitrogens with one attached hydrogen (secondary N) is 1. The molecule has 11 nitrogen and oxygen atoms in total. The number of amides is 4. The summed E-state index contributed by atoms with van der Waals surface area (Å²) in [5, 5.41) is 15.1. The number of hydrogen-bond donors (Lipinski definition) is 2. The van der Waals surface area contributed by atoms with Crippen molar-refractivity contribution in [2.75, 3.05) is 33.3 Å². The second-order valence-electron chi connectivity index (χ2n) is 8.91. The molecule has 2 N–H and O–H groups in total.